The van der Waals surface area contributed by atoms with Crippen molar-refractivity contribution in [3.05, 3.63) is 29.5 Å². The monoisotopic (exact) mass is 165 g/mol. The minimum Gasteiger partial charge on any atom is -0.375 e. The molecule has 0 saturated carbocycles. The Bertz CT molecular complexity index is 282. The van der Waals surface area contributed by atoms with E-state index >= 15 is 0 Å². The smallest absolute Gasteiger partial charge is 0.184 e. The Kier molecular flexibility index (Phi) is 2.60. The minimum absolute atomic E-state index is 0.160. The Morgan fingerprint density at radius 2 is 2.64 bits per heavy atom. The fourth-order valence-electron chi connectivity index (χ4n) is 0.590. The number of allylic oxidation sites excluding steroid dienone is 3. The van der Waals surface area contributed by atoms with Gasteiger partial charge in [0.25, 0.3) is 0 Å². The second-order valence-electron chi connectivity index (χ2n) is 1.86. The molecule has 1 aliphatic carbocycles. The Hall–Kier alpha value is -1.38. The Morgan fingerprint density at radius 3 is 3.18 bits per heavy atom. The highest BCUT2D eigenvalue weighted by Gasteiger charge is 1.87. The van der Waals surface area contributed by atoms with E-state index < -0.39 is 0 Å². The summed E-state index contributed by atoms with van der Waals surface area (Å²) in [7, 11) is 0. The van der Waals surface area contributed by atoms with Crippen molar-refractivity contribution in [1.29, 1.82) is 0 Å². The van der Waals surface area contributed by atoms with Crippen molar-refractivity contribution >= 4 is 23.5 Å². The van der Waals surface area contributed by atoms with E-state index in [1.54, 1.807) is 6.21 Å². The van der Waals surface area contributed by atoms with Gasteiger partial charge in [-0.05, 0) is 24.4 Å². The molecule has 0 aliphatic heterocycles. The average molecular weight is 165 g/mol. The van der Waals surface area contributed by atoms with E-state index in [0.29, 0.717) is 0 Å². The highest BCUT2D eigenvalue weighted by atomic mass is 32.1. The van der Waals surface area contributed by atoms with Gasteiger partial charge in [-0.1, -0.05) is 6.08 Å². The molecule has 0 saturated heterocycles. The molecule has 0 fully saturated rings. The lowest BCUT2D eigenvalue weighted by molar-refractivity contribution is 1.04. The molecule has 0 aromatic rings. The third-order valence-electron chi connectivity index (χ3n) is 1.00. The van der Waals surface area contributed by atoms with Crippen molar-refractivity contribution < 1.29 is 0 Å². The molecule has 56 valence electrons. The number of hydrogen-bond donors (Lipinski definition) is 2. The lowest BCUT2D eigenvalue weighted by Crippen LogP contribution is -2.23. The van der Waals surface area contributed by atoms with Crippen LogP contribution in [-0.2, 0) is 0 Å². The lowest BCUT2D eigenvalue weighted by atomic mass is 10.3. The van der Waals surface area contributed by atoms with Crippen LogP contribution in [0.5, 0.6) is 0 Å². The van der Waals surface area contributed by atoms with E-state index in [1.165, 1.54) is 0 Å². The van der Waals surface area contributed by atoms with Crippen LogP contribution in [-0.4, -0.2) is 11.3 Å². The number of hydrazone groups is 1. The first-order valence-corrected chi connectivity index (χ1v) is 3.42. The van der Waals surface area contributed by atoms with Gasteiger partial charge in [0.15, 0.2) is 5.11 Å². The van der Waals surface area contributed by atoms with Gasteiger partial charge in [-0.25, -0.2) is 0 Å². The Labute approximate surface area is 70.0 Å². The predicted octanol–water partition coefficient (Wildman–Crippen LogP) is 0.457. The van der Waals surface area contributed by atoms with Gasteiger partial charge in [0.1, 0.15) is 0 Å². The number of rotatable bonds is 2. The molecule has 0 amide bonds. The number of thiocarbonyl (C=S) groups is 1. The largest absolute Gasteiger partial charge is 0.375 e. The fourth-order valence-corrected chi connectivity index (χ4v) is 0.643. The van der Waals surface area contributed by atoms with Crippen LogP contribution in [0.2, 0.25) is 0 Å². The molecule has 0 spiro atoms. The molecule has 1 aliphatic rings. The fraction of sp³-hybridized carbons (Fsp3) is 0. The molecule has 0 unspecified atom stereocenters. The third-order valence-corrected chi connectivity index (χ3v) is 1.09. The maximum Gasteiger partial charge on any atom is 0.184 e. The van der Waals surface area contributed by atoms with Gasteiger partial charge in [0.2, 0.25) is 0 Å². The summed E-state index contributed by atoms with van der Waals surface area (Å²) in [4.78, 5) is 0. The first-order valence-electron chi connectivity index (χ1n) is 3.01. The van der Waals surface area contributed by atoms with E-state index in [-0.39, 0.29) is 5.11 Å². The second-order valence-corrected chi connectivity index (χ2v) is 2.30. The molecular weight excluding hydrogens is 158 g/mol. The first kappa shape index (κ1) is 7.72. The molecular formula is C7H7N3S. The van der Waals surface area contributed by atoms with Crippen LogP contribution >= 0.6 is 12.2 Å². The van der Waals surface area contributed by atoms with Gasteiger partial charge < -0.3 is 5.73 Å². The van der Waals surface area contributed by atoms with E-state index in [1.807, 2.05) is 18.2 Å². The average Bonchev–Trinajstić information content (AvgIpc) is 2.39. The molecule has 0 aromatic heterocycles. The Balaban J connectivity index is 2.42. The van der Waals surface area contributed by atoms with Crippen molar-refractivity contribution in [1.82, 2.24) is 5.43 Å². The summed E-state index contributed by atoms with van der Waals surface area (Å²) < 4.78 is 0. The zero-order chi connectivity index (χ0) is 8.10. The van der Waals surface area contributed by atoms with Crippen LogP contribution in [0.25, 0.3) is 0 Å². The van der Waals surface area contributed by atoms with Crippen LogP contribution < -0.4 is 11.2 Å². The van der Waals surface area contributed by atoms with E-state index in [9.17, 15) is 0 Å². The predicted molar refractivity (Wildman–Crippen MR) is 49.1 cm³/mol. The SMILES string of the molecule is NC(=S)N/N=C/C1=C=CC=C1. The van der Waals surface area contributed by atoms with Gasteiger partial charge in [-0.3, -0.25) is 5.43 Å². The second kappa shape index (κ2) is 3.71. The van der Waals surface area contributed by atoms with Crippen LogP contribution in [0.4, 0.5) is 0 Å². The zero-order valence-corrected chi connectivity index (χ0v) is 6.56. The molecule has 0 atom stereocenters. The maximum atomic E-state index is 5.13. The molecule has 11 heavy (non-hydrogen) atoms. The summed E-state index contributed by atoms with van der Waals surface area (Å²) >= 11 is 4.53. The molecule has 4 heteroatoms. The standard InChI is InChI=1S/C7H7N3S/c8-7(11)10-9-5-6-3-1-2-4-6/h1-3,5H,(H3,8,10,11)/b9-5+. The van der Waals surface area contributed by atoms with Crippen molar-refractivity contribution in [2.75, 3.05) is 0 Å². The van der Waals surface area contributed by atoms with Gasteiger partial charge in [0, 0.05) is 5.57 Å². The van der Waals surface area contributed by atoms with E-state index in [2.05, 4.69) is 28.5 Å². The Morgan fingerprint density at radius 1 is 1.82 bits per heavy atom. The van der Waals surface area contributed by atoms with Crippen molar-refractivity contribution in [3.63, 3.8) is 0 Å². The van der Waals surface area contributed by atoms with E-state index in [4.69, 9.17) is 5.73 Å². The molecule has 1 rings (SSSR count). The minimum atomic E-state index is 0.160. The van der Waals surface area contributed by atoms with Gasteiger partial charge in [-0.15, -0.1) is 5.73 Å². The summed E-state index contributed by atoms with van der Waals surface area (Å²) in [6, 6.07) is 0. The van der Waals surface area contributed by atoms with Crippen LogP contribution in [0.15, 0.2) is 34.6 Å². The maximum absolute atomic E-state index is 5.13. The highest BCUT2D eigenvalue weighted by molar-refractivity contribution is 7.80. The van der Waals surface area contributed by atoms with Crippen molar-refractivity contribution in [2.24, 2.45) is 10.8 Å². The number of nitrogens with one attached hydrogen (secondary N) is 1. The summed E-state index contributed by atoms with van der Waals surface area (Å²) in [5.74, 6) is 0. The molecule has 3 N–H and O–H groups in total. The number of hydrogen-bond acceptors (Lipinski definition) is 2. The lowest BCUT2D eigenvalue weighted by Gasteiger charge is -1.91. The summed E-state index contributed by atoms with van der Waals surface area (Å²) in [5.41, 5.74) is 11.4. The number of nitrogens with two attached hydrogens (primary N) is 1. The summed E-state index contributed by atoms with van der Waals surface area (Å²) in [6.07, 6.45) is 7.16. The van der Waals surface area contributed by atoms with Gasteiger partial charge in [0.05, 0.1) is 6.21 Å². The highest BCUT2D eigenvalue weighted by Crippen LogP contribution is 1.96. The van der Waals surface area contributed by atoms with Crippen LogP contribution in [0, 0.1) is 0 Å². The van der Waals surface area contributed by atoms with Crippen LogP contribution in [0.1, 0.15) is 0 Å². The van der Waals surface area contributed by atoms with E-state index in [0.717, 1.165) is 5.57 Å². The summed E-state index contributed by atoms with van der Waals surface area (Å²) in [5, 5.41) is 3.90. The zero-order valence-electron chi connectivity index (χ0n) is 5.74. The molecule has 0 bridgehead atoms. The first-order chi connectivity index (χ1) is 5.29. The third kappa shape index (κ3) is 2.80. The quantitative estimate of drug-likeness (QED) is 0.270. The van der Waals surface area contributed by atoms with Crippen LogP contribution in [0.3, 0.4) is 0 Å². The molecule has 3 nitrogen and oxygen atoms in total. The molecule has 0 heterocycles. The van der Waals surface area contributed by atoms with Crippen molar-refractivity contribution in [3.8, 4) is 0 Å². The molecule has 0 aromatic carbocycles. The normalized spacial score (nSPS) is 14.0. The van der Waals surface area contributed by atoms with Gasteiger partial charge >= 0.3 is 0 Å². The number of nitrogens with zero attached hydrogens (tertiary/aromatic N) is 1. The molecule has 0 radical (unpaired) electrons. The topological polar surface area (TPSA) is 50.4 Å². The van der Waals surface area contributed by atoms with Gasteiger partial charge in [-0.2, -0.15) is 5.10 Å². The van der Waals surface area contributed by atoms with Crippen molar-refractivity contribution in [2.45, 2.75) is 0 Å². The summed E-state index contributed by atoms with van der Waals surface area (Å²) in [6.45, 7) is 0.